The van der Waals surface area contributed by atoms with Crippen LogP contribution in [0.15, 0.2) is 41.1 Å². The maximum Gasteiger partial charge on any atom is 0.416 e. The van der Waals surface area contributed by atoms with Crippen LogP contribution >= 0.6 is 11.6 Å². The molecule has 0 saturated carbocycles. The van der Waals surface area contributed by atoms with E-state index in [9.17, 15) is 14.3 Å². The van der Waals surface area contributed by atoms with Crippen molar-refractivity contribution in [1.82, 2.24) is 15.1 Å². The fourth-order valence-electron chi connectivity index (χ4n) is 3.14. The van der Waals surface area contributed by atoms with Crippen LogP contribution in [0.5, 0.6) is 0 Å². The summed E-state index contributed by atoms with van der Waals surface area (Å²) in [6.45, 7) is 3.23. The molecule has 0 aliphatic carbocycles. The number of halogens is 2. The molecule has 11 heteroatoms. The van der Waals surface area contributed by atoms with Crippen molar-refractivity contribution in [1.29, 1.82) is 0 Å². The van der Waals surface area contributed by atoms with Crippen LogP contribution in [0.25, 0.3) is 11.3 Å². The first-order valence-corrected chi connectivity index (χ1v) is 9.87. The SMILES string of the molecule is C[C@H](Nc1ncc(F)c(N2C(=O)OCC2[C@@H](C)O)n1)c1cc(-c2ccc(Cl)cc2)on1. The molecule has 162 valence electrons. The number of carbonyl (C=O) groups is 1. The number of aliphatic hydroxyl groups is 1. The number of aliphatic hydroxyl groups excluding tert-OH is 1. The lowest BCUT2D eigenvalue weighted by molar-refractivity contribution is 0.142. The van der Waals surface area contributed by atoms with Gasteiger partial charge in [-0.25, -0.2) is 19.1 Å². The zero-order valence-corrected chi connectivity index (χ0v) is 17.4. The third-order valence-electron chi connectivity index (χ3n) is 4.86. The fourth-order valence-corrected chi connectivity index (χ4v) is 3.27. The molecule has 3 atom stereocenters. The van der Waals surface area contributed by atoms with Crippen molar-refractivity contribution >= 4 is 29.5 Å². The van der Waals surface area contributed by atoms with Gasteiger partial charge in [-0.05, 0) is 38.1 Å². The van der Waals surface area contributed by atoms with E-state index in [4.69, 9.17) is 20.9 Å². The van der Waals surface area contributed by atoms with E-state index >= 15 is 0 Å². The Morgan fingerprint density at radius 2 is 2.06 bits per heavy atom. The molecule has 1 unspecified atom stereocenters. The molecule has 1 fully saturated rings. The van der Waals surface area contributed by atoms with Gasteiger partial charge in [-0.1, -0.05) is 16.8 Å². The van der Waals surface area contributed by atoms with Gasteiger partial charge in [-0.3, -0.25) is 0 Å². The maximum absolute atomic E-state index is 14.4. The van der Waals surface area contributed by atoms with Crippen LogP contribution in [-0.2, 0) is 4.74 Å². The Morgan fingerprint density at radius 3 is 2.77 bits per heavy atom. The zero-order chi connectivity index (χ0) is 22.1. The first-order valence-electron chi connectivity index (χ1n) is 9.49. The van der Waals surface area contributed by atoms with Gasteiger partial charge in [0.1, 0.15) is 18.3 Å². The van der Waals surface area contributed by atoms with Gasteiger partial charge < -0.3 is 19.7 Å². The lowest BCUT2D eigenvalue weighted by Gasteiger charge is -2.23. The van der Waals surface area contributed by atoms with Crippen molar-refractivity contribution in [3.63, 3.8) is 0 Å². The minimum atomic E-state index is -0.933. The number of hydrogen-bond donors (Lipinski definition) is 2. The Bertz CT molecular complexity index is 1090. The number of nitrogens with zero attached hydrogens (tertiary/aromatic N) is 4. The molecule has 2 N–H and O–H groups in total. The normalized spacial score (nSPS) is 18.0. The first-order chi connectivity index (χ1) is 14.8. The number of benzene rings is 1. The number of anilines is 2. The standard InChI is InChI=1S/C20H19ClFN5O4/c1-10(15-7-17(31-26-15)12-3-5-13(21)6-4-12)24-19-23-8-14(22)18(25-19)27-16(11(2)28)9-30-20(27)29/h3-8,10-11,16,28H,9H2,1-2H3,(H,23,24,25)/t10-,11+,16?/m0/s1. The monoisotopic (exact) mass is 447 g/mol. The van der Waals surface area contributed by atoms with Crippen molar-refractivity contribution in [3.05, 3.63) is 53.1 Å². The zero-order valence-electron chi connectivity index (χ0n) is 16.6. The van der Waals surface area contributed by atoms with E-state index in [1.165, 1.54) is 6.92 Å². The van der Waals surface area contributed by atoms with E-state index in [1.54, 1.807) is 25.1 Å². The second-order valence-electron chi connectivity index (χ2n) is 7.11. The molecule has 1 saturated heterocycles. The molecular weight excluding hydrogens is 429 g/mol. The van der Waals surface area contributed by atoms with Crippen LogP contribution < -0.4 is 10.2 Å². The number of carbonyl (C=O) groups excluding carboxylic acids is 1. The Labute approximate surface area is 181 Å². The molecule has 0 radical (unpaired) electrons. The highest BCUT2D eigenvalue weighted by atomic mass is 35.5. The summed E-state index contributed by atoms with van der Waals surface area (Å²) < 4.78 is 24.7. The smallest absolute Gasteiger partial charge is 0.416 e. The number of amides is 1. The third-order valence-corrected chi connectivity index (χ3v) is 5.11. The van der Waals surface area contributed by atoms with Crippen molar-refractivity contribution < 1.29 is 23.6 Å². The van der Waals surface area contributed by atoms with E-state index < -0.39 is 24.1 Å². The molecule has 1 aliphatic rings. The van der Waals surface area contributed by atoms with Crippen LogP contribution in [-0.4, -0.2) is 45.1 Å². The van der Waals surface area contributed by atoms with Crippen LogP contribution in [0.3, 0.4) is 0 Å². The molecule has 1 amide bonds. The van der Waals surface area contributed by atoms with Gasteiger partial charge in [0.05, 0.1) is 18.3 Å². The van der Waals surface area contributed by atoms with Crippen LogP contribution in [0.1, 0.15) is 25.6 Å². The summed E-state index contributed by atoms with van der Waals surface area (Å²) in [6.07, 6.45) is -0.770. The molecule has 31 heavy (non-hydrogen) atoms. The van der Waals surface area contributed by atoms with Crippen LogP contribution in [0, 0.1) is 5.82 Å². The molecule has 9 nitrogen and oxygen atoms in total. The van der Waals surface area contributed by atoms with Crippen molar-refractivity contribution in [3.8, 4) is 11.3 Å². The van der Waals surface area contributed by atoms with Crippen molar-refractivity contribution in [2.75, 3.05) is 16.8 Å². The second kappa shape index (κ2) is 8.48. The molecule has 2 aromatic heterocycles. The summed E-state index contributed by atoms with van der Waals surface area (Å²) in [4.78, 5) is 21.1. The van der Waals surface area contributed by atoms with Crippen molar-refractivity contribution in [2.24, 2.45) is 0 Å². The molecule has 0 bridgehead atoms. The largest absolute Gasteiger partial charge is 0.447 e. The van der Waals surface area contributed by atoms with E-state index in [0.717, 1.165) is 16.7 Å². The lowest BCUT2D eigenvalue weighted by Crippen LogP contribution is -2.42. The van der Waals surface area contributed by atoms with Gasteiger partial charge >= 0.3 is 6.09 Å². The Kier molecular flexibility index (Phi) is 5.75. The number of rotatable bonds is 6. The summed E-state index contributed by atoms with van der Waals surface area (Å²) in [5, 5.41) is 17.6. The third kappa shape index (κ3) is 4.30. The highest BCUT2D eigenvalue weighted by Gasteiger charge is 2.39. The minimum Gasteiger partial charge on any atom is -0.447 e. The molecule has 1 aromatic carbocycles. The lowest BCUT2D eigenvalue weighted by atomic mass is 10.1. The van der Waals surface area contributed by atoms with Gasteiger partial charge in [-0.15, -0.1) is 0 Å². The summed E-state index contributed by atoms with van der Waals surface area (Å²) in [7, 11) is 0. The highest BCUT2D eigenvalue weighted by Crippen LogP contribution is 2.28. The maximum atomic E-state index is 14.4. The van der Waals surface area contributed by atoms with E-state index in [2.05, 4.69) is 20.4 Å². The average molecular weight is 448 g/mol. The summed E-state index contributed by atoms with van der Waals surface area (Å²) >= 11 is 5.91. The topological polar surface area (TPSA) is 114 Å². The van der Waals surface area contributed by atoms with E-state index in [0.29, 0.717) is 16.5 Å². The predicted octanol–water partition coefficient (Wildman–Crippen LogP) is 3.80. The quantitative estimate of drug-likeness (QED) is 0.586. The fraction of sp³-hybridized carbons (Fsp3) is 0.300. The molecule has 3 aromatic rings. The molecule has 0 spiro atoms. The number of hydrogen-bond acceptors (Lipinski definition) is 8. The van der Waals surface area contributed by atoms with Crippen LogP contribution in [0.4, 0.5) is 21.0 Å². The first kappa shape index (κ1) is 21.0. The van der Waals surface area contributed by atoms with Gasteiger partial charge in [-0.2, -0.15) is 4.98 Å². The minimum absolute atomic E-state index is 0.0640. The van der Waals surface area contributed by atoms with Crippen molar-refractivity contribution in [2.45, 2.75) is 32.0 Å². The molecular formula is C20H19ClFN5O4. The second-order valence-corrected chi connectivity index (χ2v) is 7.55. The molecule has 4 rings (SSSR count). The van der Waals surface area contributed by atoms with Gasteiger partial charge in [0.15, 0.2) is 17.4 Å². The summed E-state index contributed by atoms with van der Waals surface area (Å²) in [5.41, 5.74) is 1.38. The predicted molar refractivity (Wildman–Crippen MR) is 110 cm³/mol. The Balaban J connectivity index is 1.54. The summed E-state index contributed by atoms with van der Waals surface area (Å²) in [5.74, 6) is -0.459. The molecule has 1 aliphatic heterocycles. The number of aromatic nitrogens is 3. The average Bonchev–Trinajstić information content (AvgIpc) is 3.37. The van der Waals surface area contributed by atoms with Crippen LogP contribution in [0.2, 0.25) is 5.02 Å². The Hall–Kier alpha value is -3.24. The number of nitrogens with one attached hydrogen (secondary N) is 1. The van der Waals surface area contributed by atoms with E-state index in [1.807, 2.05) is 12.1 Å². The number of cyclic esters (lactones) is 1. The molecule has 3 heterocycles. The van der Waals surface area contributed by atoms with Gasteiger partial charge in [0, 0.05) is 16.7 Å². The highest BCUT2D eigenvalue weighted by molar-refractivity contribution is 6.30. The number of ether oxygens (including phenoxy) is 1. The summed E-state index contributed by atoms with van der Waals surface area (Å²) in [6, 6.07) is 7.74. The van der Waals surface area contributed by atoms with Gasteiger partial charge in [0.2, 0.25) is 5.95 Å². The van der Waals surface area contributed by atoms with E-state index in [-0.39, 0.29) is 24.4 Å². The van der Waals surface area contributed by atoms with Gasteiger partial charge in [0.25, 0.3) is 0 Å². The Morgan fingerprint density at radius 1 is 1.32 bits per heavy atom.